The number of aliphatic hydroxyl groups excluding tert-OH is 16. The molecule has 0 aliphatic carbocycles. The molecule has 16 N–H and O–H groups in total. The molecular formula is C36H63N3O26. The lowest BCUT2D eigenvalue weighted by molar-refractivity contribution is -0.397. The van der Waals surface area contributed by atoms with Crippen LogP contribution in [0.3, 0.4) is 0 Å². The summed E-state index contributed by atoms with van der Waals surface area (Å²) in [6.07, 6.45) is -43.8. The molecule has 0 spiro atoms. The van der Waals surface area contributed by atoms with Crippen LogP contribution < -0.4 is 0 Å². The average Bonchev–Trinajstić information content (AvgIpc) is 3.30. The van der Waals surface area contributed by atoms with Gasteiger partial charge in [0.2, 0.25) is 0 Å². The highest BCUT2D eigenvalue weighted by molar-refractivity contribution is 4.99. The van der Waals surface area contributed by atoms with Crippen molar-refractivity contribution < 1.29 is 129 Å². The number of ether oxygens (including phenoxy) is 10. The third kappa shape index (κ3) is 12.5. The summed E-state index contributed by atoms with van der Waals surface area (Å²) in [7, 11) is 0. The smallest absolute Gasteiger partial charge is 0.187 e. The van der Waals surface area contributed by atoms with Crippen molar-refractivity contribution in [3.05, 3.63) is 10.4 Å². The maximum Gasteiger partial charge on any atom is 0.187 e. The standard InChI is InChI=1S/C36H63N3O26/c37-39-38-5-3-1-2-4-6-56-36-31(23(51)18(46)13(8-41)61-36)65-35-27(55)30(21(49)16(11-44)60-35)64-34-26(54)29(20(48)15(10-43)59-34)63-33-25(53)28(19(47)14(9-42)58-33)62-32-24(52)22(50)17(45)12(7-40)57-32/h12-36,40-55H,1-11H2/t12?,13?,14?,15?,16?,17-,18-,19-,20-,21-,22-,23-,24?,25?,26?,27?,28-,29-,30-,31?,32-,33-,34-,35-,36+/m0/s1. The fourth-order valence-corrected chi connectivity index (χ4v) is 8.00. The van der Waals surface area contributed by atoms with Crippen LogP contribution in [0.2, 0.25) is 0 Å². The van der Waals surface area contributed by atoms with Crippen LogP contribution in [0, 0.1) is 0 Å². The zero-order valence-corrected chi connectivity index (χ0v) is 34.8. The molecule has 0 aromatic rings. The number of aliphatic hydroxyl groups is 16. The maximum atomic E-state index is 11.5. The molecule has 5 rings (SSSR count). The molecule has 0 amide bonds. The highest BCUT2D eigenvalue weighted by atomic mass is 16.8. The highest BCUT2D eigenvalue weighted by Crippen LogP contribution is 2.36. The van der Waals surface area contributed by atoms with E-state index in [2.05, 4.69) is 10.0 Å². The van der Waals surface area contributed by atoms with Gasteiger partial charge in [-0.15, -0.1) is 0 Å². The molecule has 25 atom stereocenters. The molecule has 10 unspecified atom stereocenters. The molecule has 378 valence electrons. The Hall–Kier alpha value is -1.73. The Morgan fingerprint density at radius 2 is 0.708 bits per heavy atom. The molecule has 0 saturated carbocycles. The lowest BCUT2D eigenvalue weighted by Gasteiger charge is -2.49. The Kier molecular flexibility index (Phi) is 21.0. The number of azide groups is 1. The second-order valence-electron chi connectivity index (χ2n) is 16.2. The van der Waals surface area contributed by atoms with Gasteiger partial charge in [0.1, 0.15) is 122 Å². The summed E-state index contributed by atoms with van der Waals surface area (Å²) in [6.45, 7) is -4.17. The van der Waals surface area contributed by atoms with Crippen LogP contribution in [0.25, 0.3) is 10.4 Å². The van der Waals surface area contributed by atoms with Gasteiger partial charge in [0.25, 0.3) is 0 Å². The predicted octanol–water partition coefficient (Wildman–Crippen LogP) is -9.03. The minimum atomic E-state index is -2.18. The van der Waals surface area contributed by atoms with Crippen molar-refractivity contribution in [1.82, 2.24) is 0 Å². The summed E-state index contributed by atoms with van der Waals surface area (Å²) in [5.41, 5.74) is 8.43. The van der Waals surface area contributed by atoms with E-state index in [1.807, 2.05) is 0 Å². The third-order valence-corrected chi connectivity index (χ3v) is 11.8. The van der Waals surface area contributed by atoms with E-state index in [-0.39, 0.29) is 6.61 Å². The number of hydrogen-bond acceptors (Lipinski definition) is 27. The Labute approximate surface area is 369 Å². The van der Waals surface area contributed by atoms with Crippen LogP contribution in [0.15, 0.2) is 5.11 Å². The van der Waals surface area contributed by atoms with Crippen molar-refractivity contribution in [2.45, 2.75) is 179 Å². The second-order valence-corrected chi connectivity index (χ2v) is 16.2. The zero-order chi connectivity index (χ0) is 47.7. The second kappa shape index (κ2) is 25.2. The minimum Gasteiger partial charge on any atom is -0.394 e. The minimum absolute atomic E-state index is 0.0128. The van der Waals surface area contributed by atoms with Crippen molar-refractivity contribution in [2.75, 3.05) is 46.2 Å². The predicted molar refractivity (Wildman–Crippen MR) is 203 cm³/mol. The summed E-state index contributed by atoms with van der Waals surface area (Å²) >= 11 is 0. The summed E-state index contributed by atoms with van der Waals surface area (Å²) in [5, 5.41) is 173. The molecule has 0 aromatic carbocycles. The van der Waals surface area contributed by atoms with E-state index in [1.165, 1.54) is 0 Å². The van der Waals surface area contributed by atoms with Crippen LogP contribution in [-0.2, 0) is 47.4 Å². The lowest BCUT2D eigenvalue weighted by Crippen LogP contribution is -2.68. The topological polar surface area (TPSA) is 465 Å². The number of rotatable bonds is 21. The Balaban J connectivity index is 1.31. The van der Waals surface area contributed by atoms with E-state index in [0.717, 1.165) is 0 Å². The summed E-state index contributed by atoms with van der Waals surface area (Å²) in [6, 6.07) is 0. The van der Waals surface area contributed by atoms with E-state index in [0.29, 0.717) is 32.2 Å². The fraction of sp³-hybridized carbons (Fsp3) is 1.00. The van der Waals surface area contributed by atoms with Gasteiger partial charge >= 0.3 is 0 Å². The third-order valence-electron chi connectivity index (χ3n) is 11.8. The van der Waals surface area contributed by atoms with Crippen LogP contribution in [0.1, 0.15) is 25.7 Å². The van der Waals surface area contributed by atoms with Gasteiger partial charge in [0.05, 0.1) is 33.0 Å². The number of unbranched alkanes of at least 4 members (excludes halogenated alkanes) is 3. The molecule has 0 aromatic heterocycles. The summed E-state index contributed by atoms with van der Waals surface area (Å²) < 4.78 is 56.4. The van der Waals surface area contributed by atoms with E-state index in [1.54, 1.807) is 0 Å². The quantitative estimate of drug-likeness (QED) is 0.0220. The van der Waals surface area contributed by atoms with Crippen LogP contribution in [0.4, 0.5) is 0 Å². The van der Waals surface area contributed by atoms with E-state index in [4.69, 9.17) is 52.9 Å². The van der Waals surface area contributed by atoms with Gasteiger partial charge in [-0.3, -0.25) is 0 Å². The molecule has 5 aliphatic rings. The SMILES string of the molecule is [N-]=[N+]=NCCCCCCO[C@@H]1OC(CO)[C@H](O)[C@H](O)C1O[C@@H]1OC(CO)[C@H](O)[C@H](O[C@@H]2OC(CO)[C@H](O)[C@H](O[C@@H]3OC(CO)[C@H](O)[C@H](O[C@@H]4OC(CO)[C@H](O)[C@H](O)C4O)C3O)C2O)C1O. The van der Waals surface area contributed by atoms with Crippen molar-refractivity contribution >= 4 is 0 Å². The Bertz CT molecular complexity index is 1460. The van der Waals surface area contributed by atoms with Gasteiger partial charge in [-0.1, -0.05) is 18.0 Å². The van der Waals surface area contributed by atoms with Crippen molar-refractivity contribution in [2.24, 2.45) is 5.11 Å². The Morgan fingerprint density at radius 1 is 0.369 bits per heavy atom. The Morgan fingerprint density at radius 3 is 1.11 bits per heavy atom. The van der Waals surface area contributed by atoms with E-state index < -0.39 is 187 Å². The molecule has 5 saturated heterocycles. The van der Waals surface area contributed by atoms with Crippen molar-refractivity contribution in [3.8, 4) is 0 Å². The monoisotopic (exact) mass is 953 g/mol. The molecular weight excluding hydrogens is 890 g/mol. The number of hydrogen-bond donors (Lipinski definition) is 16. The van der Waals surface area contributed by atoms with E-state index >= 15 is 0 Å². The van der Waals surface area contributed by atoms with Gasteiger partial charge in [0, 0.05) is 18.1 Å². The lowest BCUT2D eigenvalue weighted by atomic mass is 9.95. The molecule has 5 fully saturated rings. The first-order valence-electron chi connectivity index (χ1n) is 21.1. The van der Waals surface area contributed by atoms with E-state index in [9.17, 15) is 81.7 Å². The molecule has 29 nitrogen and oxygen atoms in total. The number of nitrogens with zero attached hydrogens (tertiary/aromatic N) is 3. The van der Waals surface area contributed by atoms with Gasteiger partial charge in [-0.25, -0.2) is 0 Å². The first-order chi connectivity index (χ1) is 31.1. The molecule has 65 heavy (non-hydrogen) atoms. The normalized spacial score (nSPS) is 47.3. The molecule has 29 heteroatoms. The van der Waals surface area contributed by atoms with Crippen LogP contribution >= 0.6 is 0 Å². The van der Waals surface area contributed by atoms with Gasteiger partial charge in [-0.05, 0) is 18.4 Å². The average molecular weight is 954 g/mol. The zero-order valence-electron chi connectivity index (χ0n) is 34.8. The first-order valence-corrected chi connectivity index (χ1v) is 21.1. The first kappa shape index (κ1) is 54.2. The maximum absolute atomic E-state index is 11.5. The fourth-order valence-electron chi connectivity index (χ4n) is 8.00. The summed E-state index contributed by atoms with van der Waals surface area (Å²) in [5.74, 6) is 0. The van der Waals surface area contributed by atoms with Crippen molar-refractivity contribution in [3.63, 3.8) is 0 Å². The molecule has 5 aliphatic heterocycles. The van der Waals surface area contributed by atoms with Gasteiger partial charge < -0.3 is 129 Å². The molecule has 0 radical (unpaired) electrons. The molecule has 0 bridgehead atoms. The van der Waals surface area contributed by atoms with Gasteiger partial charge in [0.15, 0.2) is 31.5 Å². The van der Waals surface area contributed by atoms with Crippen LogP contribution in [0.5, 0.6) is 0 Å². The highest BCUT2D eigenvalue weighted by Gasteiger charge is 2.57. The van der Waals surface area contributed by atoms with Gasteiger partial charge in [-0.2, -0.15) is 0 Å². The van der Waals surface area contributed by atoms with Crippen molar-refractivity contribution in [1.29, 1.82) is 0 Å². The largest absolute Gasteiger partial charge is 0.394 e. The molecule has 5 heterocycles. The van der Waals surface area contributed by atoms with Crippen LogP contribution in [-0.4, -0.2) is 281 Å². The summed E-state index contributed by atoms with van der Waals surface area (Å²) in [4.78, 5) is 2.69.